The van der Waals surface area contributed by atoms with E-state index in [1.165, 1.54) is 24.3 Å². The number of ether oxygens (including phenoxy) is 16. The number of hydrogen-bond acceptors (Lipinski definition) is 41. The molecule has 30 heterocycles. The number of aliphatic hydroxyl groups is 23. The van der Waals surface area contributed by atoms with Crippen LogP contribution in [0.3, 0.4) is 0 Å². The van der Waals surface area contributed by atoms with Gasteiger partial charge >= 0.3 is 5.97 Å². The van der Waals surface area contributed by atoms with Crippen LogP contribution in [0.15, 0.2) is 29.2 Å². The van der Waals surface area contributed by atoms with Crippen molar-refractivity contribution in [2.75, 3.05) is 52.0 Å². The largest absolute Gasteiger partial charge is 0.478 e. The molecule has 30 aliphatic rings. The van der Waals surface area contributed by atoms with Gasteiger partial charge in [0.05, 0.1) is 57.9 Å². The minimum Gasteiger partial charge on any atom is -0.478 e. The van der Waals surface area contributed by atoms with E-state index in [4.69, 9.17) is 75.8 Å². The minimum atomic E-state index is -2.28. The van der Waals surface area contributed by atoms with Crippen molar-refractivity contribution in [2.45, 2.75) is 251 Å². The van der Waals surface area contributed by atoms with Crippen LogP contribution in [0.25, 0.3) is 0 Å². The number of carboxylic acid groups (broad SMARTS) is 1. The van der Waals surface area contributed by atoms with Crippen LogP contribution in [0.5, 0.6) is 0 Å². The van der Waals surface area contributed by atoms with Crippen LogP contribution in [-0.4, -0.2) is 426 Å². The van der Waals surface area contributed by atoms with Crippen molar-refractivity contribution >= 4 is 17.7 Å². The zero-order chi connectivity index (χ0) is 70.3. The van der Waals surface area contributed by atoms with E-state index in [0.29, 0.717) is 0 Å². The number of aromatic carboxylic acids is 1. The lowest BCUT2D eigenvalue weighted by molar-refractivity contribution is -0.403. The van der Waals surface area contributed by atoms with Crippen molar-refractivity contribution in [3.63, 3.8) is 0 Å². The van der Waals surface area contributed by atoms with E-state index >= 15 is 0 Å². The van der Waals surface area contributed by atoms with E-state index in [9.17, 15) is 127 Å². The van der Waals surface area contributed by atoms with Gasteiger partial charge < -0.3 is 198 Å². The summed E-state index contributed by atoms with van der Waals surface area (Å²) in [6.07, 6.45) is -82.5. The second-order valence-corrected chi connectivity index (χ2v) is 25.5. The molecule has 42 heteroatoms. The number of carboxylic acids is 1. The van der Waals surface area contributed by atoms with Crippen LogP contribution in [-0.2, 0) is 75.8 Å². The molecule has 16 bridgehead atoms. The summed E-state index contributed by atoms with van der Waals surface area (Å²) < 4.78 is 92.8. The second kappa shape index (κ2) is 33.1. The Kier molecular flexibility index (Phi) is 26.3. The zero-order valence-corrected chi connectivity index (χ0v) is 51.5. The van der Waals surface area contributed by atoms with Crippen molar-refractivity contribution in [3.8, 4) is 0 Å². The summed E-state index contributed by atoms with van der Waals surface area (Å²) in [5.41, 5.74) is -0.159. The lowest BCUT2D eigenvalue weighted by Gasteiger charge is -2.50. The predicted molar refractivity (Wildman–Crippen MR) is 298 cm³/mol. The Morgan fingerprint density at radius 1 is 0.278 bits per heavy atom. The van der Waals surface area contributed by atoms with Gasteiger partial charge in [0.1, 0.15) is 189 Å². The maximum atomic E-state index is 11.9. The van der Waals surface area contributed by atoms with Gasteiger partial charge in [-0.3, -0.25) is 0 Å². The van der Waals surface area contributed by atoms with Crippen LogP contribution >= 0.6 is 11.8 Å². The first-order chi connectivity index (χ1) is 46.2. The molecule has 40 atom stereocenters. The molecule has 1 aromatic rings. The molecule has 1 aromatic carbocycles. The predicted octanol–water partition coefficient (Wildman–Crippen LogP) is -14.9. The molecule has 31 rings (SSSR count). The Morgan fingerprint density at radius 3 is 0.649 bits per heavy atom. The lowest BCUT2D eigenvalue weighted by Crippen LogP contribution is -2.69. The summed E-state index contributed by atoms with van der Waals surface area (Å²) in [6.45, 7) is -7.66. The van der Waals surface area contributed by atoms with Crippen LogP contribution < -0.4 is 0 Å². The van der Waals surface area contributed by atoms with Gasteiger partial charge in [0.2, 0.25) is 0 Å². The molecule has 0 aromatic heterocycles. The highest BCUT2D eigenvalue weighted by molar-refractivity contribution is 7.99. The number of rotatable bonds is 11. The number of thioether (sulfide) groups is 1. The Bertz CT molecular complexity index is 2630. The maximum absolute atomic E-state index is 11.9. The third-order valence-electron chi connectivity index (χ3n) is 18.2. The maximum Gasteiger partial charge on any atom is 0.335 e. The van der Waals surface area contributed by atoms with E-state index in [-0.39, 0.29) is 16.2 Å². The summed E-state index contributed by atoms with van der Waals surface area (Å²) in [6, 6.07) is 5.43. The third-order valence-corrected chi connectivity index (χ3v) is 19.3. The molecule has 97 heavy (non-hydrogen) atoms. The van der Waals surface area contributed by atoms with Crippen LogP contribution in [0.4, 0.5) is 0 Å². The average Bonchev–Trinajstić information content (AvgIpc) is 0.818. The Morgan fingerprint density at radius 2 is 0.464 bits per heavy atom. The molecular weight excluding hydrogens is 1350 g/mol. The highest BCUT2D eigenvalue weighted by Crippen LogP contribution is 2.41. The first-order valence-corrected chi connectivity index (χ1v) is 31.8. The summed E-state index contributed by atoms with van der Waals surface area (Å²) in [7, 11) is 0. The van der Waals surface area contributed by atoms with Crippen molar-refractivity contribution in [2.24, 2.45) is 0 Å². The topological polar surface area (TPSA) is 650 Å². The molecule has 0 unspecified atom stereocenters. The highest BCUT2D eigenvalue weighted by Gasteiger charge is 2.60. The lowest BCUT2D eigenvalue weighted by atomic mass is 9.95. The quantitative estimate of drug-likeness (QED) is 0.0915. The Balaban J connectivity index is 0.933. The summed E-state index contributed by atoms with van der Waals surface area (Å²) in [5, 5.41) is 268. The number of carbonyl (C=O) groups is 1. The SMILES string of the molecule is O=C(O)c1cccc(SC[C@H]2O[C@@H]3O[C@H]4[C@H](O)[C@@H](O)[C@@H](O[C@H]5[C@H](O)[C@@H](O)[C@@H](O[C@H]6[C@H](O)[C@@H](O)[C@@H](O[C@H]7[C@H](O)[C@@H](O)[C@@H](O[C@H]8[C@@H](O)[C@H](O)[C@@H](O[C@H]9[C@H](O)[C@@H](O)[C@@H](O[C@H]%10[C@@H](O)[C@@H](O)[C@@H](O[C@H]2[C@H](O)[C@H]3O)O[C@@H]%10CO)O[C@@H]9CO)O[C@@H]8CO)O[C@@H]7CO)O[C@@H]6CO)O[C@@H]5CO)O[C@@H]4CO)c1. The van der Waals surface area contributed by atoms with Crippen molar-refractivity contribution in [3.05, 3.63) is 29.8 Å². The molecule has 30 saturated heterocycles. The number of hydrogen-bond donors (Lipinski definition) is 24. The summed E-state index contributed by atoms with van der Waals surface area (Å²) in [4.78, 5) is 12.2. The molecule has 0 amide bonds. The molecule has 30 fully saturated rings. The zero-order valence-electron chi connectivity index (χ0n) is 50.6. The first-order valence-electron chi connectivity index (χ1n) is 30.8. The van der Waals surface area contributed by atoms with Crippen LogP contribution in [0.2, 0.25) is 0 Å². The summed E-state index contributed by atoms with van der Waals surface area (Å²) >= 11 is 0.887. The van der Waals surface area contributed by atoms with Gasteiger partial charge in [0.25, 0.3) is 0 Å². The fourth-order valence-electron chi connectivity index (χ4n) is 12.8. The standard InChI is InChI=1S/C55H84O41S/c56-5-15-39-23(63)31(71)48(81-15)90-40-16(6-57)83-50(33(73)25(40)65)92-42-18(8-59)85-52(35(75)27(42)67)94-44-20(10-61)87-54(37(77)29(44)69)96-46-22(12-97-14-3-1-2-13(4-14)47(79)80)88-55(38(78)30(46)70)95-45-21(11-62)86-53(36(76)28(45)68)93-43-19(9-60)84-51(34(74)26(43)66)91-41-17(7-58)82-49(89-39)32(72)24(41)64/h1-4,15-46,48-78H,5-12H2,(H,79,80)/t15-,16-,17-,18-,19-,20-,21-,22-,23-,24-,25+,26-,27-,28-,29+,30-,31-,32-,33+,34-,35-,36-,37-,38-,39-,40-,41-,42-,43-,44-,45-,46-,48-,49-,50-,51-,52-,53-,54-,55-/m1/s1. The van der Waals surface area contributed by atoms with Crippen LogP contribution in [0, 0.1) is 0 Å². The van der Waals surface area contributed by atoms with Crippen molar-refractivity contribution in [1.29, 1.82) is 0 Å². The second-order valence-electron chi connectivity index (χ2n) is 24.4. The van der Waals surface area contributed by atoms with Gasteiger partial charge in [-0.1, -0.05) is 6.07 Å². The average molecular weight is 1430 g/mol. The smallest absolute Gasteiger partial charge is 0.335 e. The normalized spacial score (nSPS) is 51.2. The van der Waals surface area contributed by atoms with E-state index in [1.54, 1.807) is 0 Å². The van der Waals surface area contributed by atoms with E-state index in [2.05, 4.69) is 0 Å². The number of aliphatic hydroxyl groups excluding tert-OH is 23. The van der Waals surface area contributed by atoms with Gasteiger partial charge in [-0.15, -0.1) is 11.8 Å². The molecule has 24 N–H and O–H groups in total. The molecule has 30 aliphatic heterocycles. The van der Waals surface area contributed by atoms with Gasteiger partial charge in [0.15, 0.2) is 50.3 Å². The van der Waals surface area contributed by atoms with Crippen molar-refractivity contribution < 1.29 is 203 Å². The summed E-state index contributed by atoms with van der Waals surface area (Å²) in [5.74, 6) is -1.68. The van der Waals surface area contributed by atoms with E-state index < -0.39 is 298 Å². The molecule has 41 nitrogen and oxygen atoms in total. The molecule has 0 radical (unpaired) electrons. The van der Waals surface area contributed by atoms with Crippen molar-refractivity contribution in [1.82, 2.24) is 0 Å². The Labute approximate surface area is 551 Å². The monoisotopic (exact) mass is 1430 g/mol. The van der Waals surface area contributed by atoms with Gasteiger partial charge in [-0.05, 0) is 18.2 Å². The van der Waals surface area contributed by atoms with Gasteiger partial charge in [-0.25, -0.2) is 4.79 Å². The minimum absolute atomic E-state index is 0.159. The van der Waals surface area contributed by atoms with E-state index in [1.807, 2.05) is 0 Å². The van der Waals surface area contributed by atoms with Crippen LogP contribution in [0.1, 0.15) is 10.4 Å². The highest BCUT2D eigenvalue weighted by atomic mass is 32.2. The molecule has 556 valence electrons. The Hall–Kier alpha value is -2.52. The van der Waals surface area contributed by atoms with Gasteiger partial charge in [-0.2, -0.15) is 0 Å². The molecule has 0 aliphatic carbocycles. The van der Waals surface area contributed by atoms with E-state index in [0.717, 1.165) is 11.8 Å². The fraction of sp³-hybridized carbons (Fsp3) is 0.873. The molecule has 0 spiro atoms. The fourth-order valence-corrected chi connectivity index (χ4v) is 13.8. The van der Waals surface area contributed by atoms with Gasteiger partial charge in [0, 0.05) is 10.6 Å². The number of benzene rings is 1. The molecule has 0 saturated carbocycles. The first kappa shape index (κ1) is 77.1. The third kappa shape index (κ3) is 15.8. The molecular formula is C55H84O41S.